The average molecular weight is 332 g/mol. The van der Waals surface area contributed by atoms with Crippen LogP contribution in [-0.2, 0) is 19.1 Å². The Morgan fingerprint density at radius 1 is 1.00 bits per heavy atom. The number of hydrogen-bond acceptors (Lipinski definition) is 8. The van der Waals surface area contributed by atoms with Crippen LogP contribution in [0.4, 0.5) is 5.95 Å². The number of carbonyl (C=O) groups excluding carboxylic acids is 2. The molecule has 2 heterocycles. The van der Waals surface area contributed by atoms with Crippen molar-refractivity contribution in [3.05, 3.63) is 35.2 Å². The normalized spacial score (nSPS) is 14.8. The maximum Gasteiger partial charge on any atom is 0.336 e. The third-order valence-electron chi connectivity index (χ3n) is 3.62. The Kier molecular flexibility index (Phi) is 5.62. The zero-order valence-electron chi connectivity index (χ0n) is 14.2. The van der Waals surface area contributed by atoms with E-state index in [0.717, 1.165) is 0 Å². The molecule has 1 aliphatic heterocycles. The van der Waals surface area contributed by atoms with Gasteiger partial charge in [-0.15, -0.1) is 0 Å². The molecule has 0 amide bonds. The summed E-state index contributed by atoms with van der Waals surface area (Å²) in [7, 11) is 0. The highest BCUT2D eigenvalue weighted by molar-refractivity contribution is 5.98. The van der Waals surface area contributed by atoms with Gasteiger partial charge in [-0.3, -0.25) is 4.90 Å². The quantitative estimate of drug-likeness (QED) is 0.753. The summed E-state index contributed by atoms with van der Waals surface area (Å²) >= 11 is 0. The standard InChI is InChI=1S/C16H20N4O4/c1-5-23-14(21)12-7-13(15(22)24-6-2)11(4)20(10(12)3)16-18-8-17-9-19-16/h8-9H,5-7H2,1-4H3. The fraction of sp³-hybridized carbons (Fsp3) is 0.438. The molecule has 1 aromatic heterocycles. The first-order valence-corrected chi connectivity index (χ1v) is 7.67. The van der Waals surface area contributed by atoms with Gasteiger partial charge in [-0.25, -0.2) is 24.5 Å². The van der Waals surface area contributed by atoms with E-state index in [4.69, 9.17) is 9.47 Å². The lowest BCUT2D eigenvalue weighted by molar-refractivity contribution is -0.139. The van der Waals surface area contributed by atoms with E-state index in [0.29, 0.717) is 28.5 Å². The average Bonchev–Trinajstić information content (AvgIpc) is 2.56. The number of hydrogen-bond donors (Lipinski definition) is 0. The topological polar surface area (TPSA) is 94.5 Å². The highest BCUT2D eigenvalue weighted by Crippen LogP contribution is 2.33. The molecule has 128 valence electrons. The highest BCUT2D eigenvalue weighted by atomic mass is 16.5. The molecule has 2 rings (SSSR count). The van der Waals surface area contributed by atoms with E-state index >= 15 is 0 Å². The Hall–Kier alpha value is -2.77. The van der Waals surface area contributed by atoms with Crippen molar-refractivity contribution in [1.82, 2.24) is 15.0 Å². The molecule has 0 spiro atoms. The number of aromatic nitrogens is 3. The summed E-state index contributed by atoms with van der Waals surface area (Å²) in [6.07, 6.45) is 2.86. The predicted octanol–water partition coefficient (Wildman–Crippen LogP) is 1.76. The first-order chi connectivity index (χ1) is 11.5. The summed E-state index contributed by atoms with van der Waals surface area (Å²) < 4.78 is 10.2. The lowest BCUT2D eigenvalue weighted by atomic mass is 9.96. The van der Waals surface area contributed by atoms with Gasteiger partial charge in [-0.05, 0) is 27.7 Å². The van der Waals surface area contributed by atoms with Crippen LogP contribution in [-0.4, -0.2) is 40.1 Å². The van der Waals surface area contributed by atoms with Crippen LogP contribution in [0.5, 0.6) is 0 Å². The molecule has 24 heavy (non-hydrogen) atoms. The van der Waals surface area contributed by atoms with Crippen molar-refractivity contribution < 1.29 is 19.1 Å². The van der Waals surface area contributed by atoms with Crippen molar-refractivity contribution in [2.45, 2.75) is 34.1 Å². The Labute approximate surface area is 140 Å². The molecule has 0 fully saturated rings. The zero-order chi connectivity index (χ0) is 17.7. The van der Waals surface area contributed by atoms with Crippen LogP contribution >= 0.6 is 0 Å². The van der Waals surface area contributed by atoms with E-state index in [9.17, 15) is 9.59 Å². The fourth-order valence-electron chi connectivity index (χ4n) is 2.48. The summed E-state index contributed by atoms with van der Waals surface area (Å²) in [5.74, 6) is -0.616. The molecule has 1 aromatic rings. The Morgan fingerprint density at radius 2 is 1.46 bits per heavy atom. The lowest BCUT2D eigenvalue weighted by Crippen LogP contribution is -2.32. The maximum atomic E-state index is 12.3. The molecule has 0 radical (unpaired) electrons. The van der Waals surface area contributed by atoms with Gasteiger partial charge in [-0.2, -0.15) is 0 Å². The first kappa shape index (κ1) is 17.6. The molecule has 0 aromatic carbocycles. The summed E-state index contributed by atoms with van der Waals surface area (Å²) in [6.45, 7) is 7.49. The molecule has 0 unspecified atom stereocenters. The molecular weight excluding hydrogens is 312 g/mol. The fourth-order valence-corrected chi connectivity index (χ4v) is 2.48. The number of allylic oxidation sites excluding steroid dienone is 2. The van der Waals surface area contributed by atoms with E-state index < -0.39 is 11.9 Å². The van der Waals surface area contributed by atoms with Crippen molar-refractivity contribution in [2.75, 3.05) is 18.1 Å². The van der Waals surface area contributed by atoms with Crippen LogP contribution in [0.2, 0.25) is 0 Å². The largest absolute Gasteiger partial charge is 0.463 e. The van der Waals surface area contributed by atoms with Gasteiger partial charge in [0.05, 0.1) is 24.4 Å². The van der Waals surface area contributed by atoms with Gasteiger partial charge in [-0.1, -0.05) is 0 Å². The van der Waals surface area contributed by atoms with E-state index in [1.165, 1.54) is 12.7 Å². The number of ether oxygens (including phenoxy) is 2. The van der Waals surface area contributed by atoms with Crippen molar-refractivity contribution in [3.63, 3.8) is 0 Å². The first-order valence-electron chi connectivity index (χ1n) is 7.67. The zero-order valence-corrected chi connectivity index (χ0v) is 14.2. The smallest absolute Gasteiger partial charge is 0.336 e. The minimum atomic E-state index is -0.469. The summed E-state index contributed by atoms with van der Waals surface area (Å²) in [6, 6.07) is 0. The van der Waals surface area contributed by atoms with Crippen LogP contribution in [0, 0.1) is 0 Å². The Bertz CT molecular complexity index is 657. The van der Waals surface area contributed by atoms with Gasteiger partial charge in [0.25, 0.3) is 0 Å². The monoisotopic (exact) mass is 332 g/mol. The second-order valence-corrected chi connectivity index (χ2v) is 5.02. The van der Waals surface area contributed by atoms with Gasteiger partial charge in [0.1, 0.15) is 12.7 Å². The molecule has 8 heteroatoms. The molecule has 0 bridgehead atoms. The van der Waals surface area contributed by atoms with Crippen LogP contribution in [0.15, 0.2) is 35.2 Å². The summed E-state index contributed by atoms with van der Waals surface area (Å²) in [5, 5.41) is 0. The molecule has 0 saturated heterocycles. The predicted molar refractivity (Wildman–Crippen MR) is 85.6 cm³/mol. The molecule has 1 aliphatic rings. The van der Waals surface area contributed by atoms with Crippen molar-refractivity contribution in [3.8, 4) is 0 Å². The van der Waals surface area contributed by atoms with E-state index in [1.54, 1.807) is 32.6 Å². The van der Waals surface area contributed by atoms with Crippen LogP contribution in [0.3, 0.4) is 0 Å². The lowest BCUT2D eigenvalue weighted by Gasteiger charge is -2.31. The van der Waals surface area contributed by atoms with E-state index in [-0.39, 0.29) is 19.6 Å². The number of rotatable bonds is 5. The van der Waals surface area contributed by atoms with Crippen molar-refractivity contribution in [1.29, 1.82) is 0 Å². The van der Waals surface area contributed by atoms with Crippen LogP contribution in [0.1, 0.15) is 34.1 Å². The Morgan fingerprint density at radius 3 is 1.88 bits per heavy atom. The molecule has 0 saturated carbocycles. The minimum Gasteiger partial charge on any atom is -0.463 e. The third kappa shape index (κ3) is 3.42. The summed E-state index contributed by atoms with van der Waals surface area (Å²) in [5.41, 5.74) is 1.99. The van der Waals surface area contributed by atoms with Crippen LogP contribution < -0.4 is 4.90 Å². The van der Waals surface area contributed by atoms with Gasteiger partial charge < -0.3 is 9.47 Å². The van der Waals surface area contributed by atoms with E-state index in [2.05, 4.69) is 15.0 Å². The third-order valence-corrected chi connectivity index (χ3v) is 3.62. The van der Waals surface area contributed by atoms with E-state index in [1.807, 2.05) is 0 Å². The molecule has 0 aliphatic carbocycles. The molecule has 0 atom stereocenters. The molecule has 0 N–H and O–H groups in total. The molecule has 8 nitrogen and oxygen atoms in total. The SMILES string of the molecule is CCOC(=O)C1=C(C)N(c2ncncn2)C(C)=C(C(=O)OCC)C1. The van der Waals surface area contributed by atoms with Gasteiger partial charge >= 0.3 is 11.9 Å². The highest BCUT2D eigenvalue weighted by Gasteiger charge is 2.32. The maximum absolute atomic E-state index is 12.3. The number of esters is 2. The Balaban J connectivity index is 2.53. The summed E-state index contributed by atoms with van der Waals surface area (Å²) in [4.78, 5) is 38.2. The number of carbonyl (C=O) groups is 2. The number of nitrogens with zero attached hydrogens (tertiary/aromatic N) is 4. The van der Waals surface area contributed by atoms with Gasteiger partial charge in [0.2, 0.25) is 5.95 Å². The molecular formula is C16H20N4O4. The second-order valence-electron chi connectivity index (χ2n) is 5.02. The minimum absolute atomic E-state index is 0.150. The van der Waals surface area contributed by atoms with Gasteiger partial charge in [0.15, 0.2) is 0 Å². The second kappa shape index (κ2) is 7.67. The van der Waals surface area contributed by atoms with Gasteiger partial charge in [0, 0.05) is 17.8 Å². The number of anilines is 1. The van der Waals surface area contributed by atoms with Crippen molar-refractivity contribution >= 4 is 17.9 Å². The van der Waals surface area contributed by atoms with Crippen molar-refractivity contribution in [2.24, 2.45) is 0 Å². The van der Waals surface area contributed by atoms with Crippen LogP contribution in [0.25, 0.3) is 0 Å².